The molecule has 0 spiro atoms. The third-order valence-electron chi connectivity index (χ3n) is 4.42. The summed E-state index contributed by atoms with van der Waals surface area (Å²) in [6.07, 6.45) is 2.75. The molecular formula is C12H12Cl2O2. The Kier molecular flexibility index (Phi) is 2.41. The van der Waals surface area contributed by atoms with Crippen molar-refractivity contribution in [2.75, 3.05) is 0 Å². The number of ketones is 2. The van der Waals surface area contributed by atoms with Crippen LogP contribution in [0.3, 0.4) is 0 Å². The van der Waals surface area contributed by atoms with Gasteiger partial charge in [-0.25, -0.2) is 0 Å². The third kappa shape index (κ3) is 1.26. The van der Waals surface area contributed by atoms with Crippen molar-refractivity contribution in [3.8, 4) is 0 Å². The maximum atomic E-state index is 11.9. The lowest BCUT2D eigenvalue weighted by molar-refractivity contribution is -0.139. The predicted octanol–water partition coefficient (Wildman–Crippen LogP) is 2.88. The van der Waals surface area contributed by atoms with Crippen LogP contribution in [0.5, 0.6) is 0 Å². The minimum atomic E-state index is -0.109. The molecule has 0 radical (unpaired) electrons. The minimum Gasteiger partial charge on any atom is -0.299 e. The van der Waals surface area contributed by atoms with Gasteiger partial charge in [-0.1, -0.05) is 23.2 Å². The molecule has 0 aromatic carbocycles. The van der Waals surface area contributed by atoms with Crippen molar-refractivity contribution < 1.29 is 9.59 Å². The Labute approximate surface area is 104 Å². The Balaban J connectivity index is 2.08. The number of rotatable bonds is 0. The van der Waals surface area contributed by atoms with Gasteiger partial charge in [0.05, 0.1) is 0 Å². The molecule has 16 heavy (non-hydrogen) atoms. The SMILES string of the molecule is O=C1CCC(=O)[C@H]2[C@@H]1[C@H]1CC[C@H]2C1=C(Cl)Cl. The zero-order valence-corrected chi connectivity index (χ0v) is 10.2. The van der Waals surface area contributed by atoms with E-state index in [1.807, 2.05) is 0 Å². The molecule has 3 fully saturated rings. The smallest absolute Gasteiger partial charge is 0.137 e. The molecule has 3 rings (SSSR count). The number of hydrogen-bond donors (Lipinski definition) is 0. The van der Waals surface area contributed by atoms with E-state index in [1.54, 1.807) is 0 Å². The number of allylic oxidation sites excluding steroid dienone is 1. The molecule has 0 aliphatic heterocycles. The summed E-state index contributed by atoms with van der Waals surface area (Å²) in [4.78, 5) is 23.8. The van der Waals surface area contributed by atoms with E-state index < -0.39 is 0 Å². The average Bonchev–Trinajstić information content (AvgIpc) is 2.79. The maximum absolute atomic E-state index is 11.9. The van der Waals surface area contributed by atoms with Crippen molar-refractivity contribution >= 4 is 34.8 Å². The van der Waals surface area contributed by atoms with Crippen LogP contribution in [0.25, 0.3) is 0 Å². The van der Waals surface area contributed by atoms with Crippen LogP contribution in [0, 0.1) is 23.7 Å². The summed E-state index contributed by atoms with van der Waals surface area (Å²) in [7, 11) is 0. The molecule has 0 saturated heterocycles. The first-order chi connectivity index (χ1) is 7.61. The van der Waals surface area contributed by atoms with Gasteiger partial charge in [0.2, 0.25) is 0 Å². The van der Waals surface area contributed by atoms with Crippen LogP contribution in [-0.4, -0.2) is 11.6 Å². The largest absolute Gasteiger partial charge is 0.299 e. The molecule has 0 amide bonds. The summed E-state index contributed by atoms with van der Waals surface area (Å²) in [5.41, 5.74) is 0.988. The molecule has 2 nitrogen and oxygen atoms in total. The molecule has 0 N–H and O–H groups in total. The van der Waals surface area contributed by atoms with Crippen LogP contribution in [-0.2, 0) is 9.59 Å². The summed E-state index contributed by atoms with van der Waals surface area (Å²) in [5.74, 6) is 0.561. The zero-order chi connectivity index (χ0) is 11.4. The van der Waals surface area contributed by atoms with E-state index in [-0.39, 0.29) is 35.2 Å². The number of halogens is 2. The molecule has 2 bridgehead atoms. The van der Waals surface area contributed by atoms with Crippen LogP contribution in [0.2, 0.25) is 0 Å². The van der Waals surface area contributed by atoms with E-state index in [1.165, 1.54) is 0 Å². The van der Waals surface area contributed by atoms with Gasteiger partial charge in [0, 0.05) is 24.7 Å². The van der Waals surface area contributed by atoms with Crippen molar-refractivity contribution in [3.63, 3.8) is 0 Å². The molecule has 0 heterocycles. The van der Waals surface area contributed by atoms with Gasteiger partial charge in [0.15, 0.2) is 0 Å². The monoisotopic (exact) mass is 258 g/mol. The van der Waals surface area contributed by atoms with Crippen molar-refractivity contribution in [1.82, 2.24) is 0 Å². The number of Topliss-reactive ketones (excluding diaryl/α,β-unsaturated/α-hetero) is 2. The Morgan fingerprint density at radius 1 is 0.938 bits per heavy atom. The Hall–Kier alpha value is -0.340. The molecule has 3 aliphatic rings. The summed E-state index contributed by atoms with van der Waals surface area (Å²) in [6, 6.07) is 0. The highest BCUT2D eigenvalue weighted by molar-refractivity contribution is 6.56. The fourth-order valence-electron chi connectivity index (χ4n) is 3.90. The van der Waals surface area contributed by atoms with E-state index in [9.17, 15) is 9.59 Å². The van der Waals surface area contributed by atoms with E-state index in [2.05, 4.69) is 0 Å². The highest BCUT2D eigenvalue weighted by atomic mass is 35.5. The number of hydrogen-bond acceptors (Lipinski definition) is 2. The topological polar surface area (TPSA) is 34.1 Å². The number of carbonyl (C=O) groups is 2. The second-order valence-electron chi connectivity index (χ2n) is 4.99. The lowest BCUT2D eigenvalue weighted by atomic mass is 9.69. The Morgan fingerprint density at radius 3 is 1.75 bits per heavy atom. The van der Waals surface area contributed by atoms with Gasteiger partial charge in [-0.05, 0) is 30.3 Å². The normalized spacial score (nSPS) is 41.5. The van der Waals surface area contributed by atoms with E-state index in [4.69, 9.17) is 23.2 Å². The molecule has 86 valence electrons. The summed E-state index contributed by atoms with van der Waals surface area (Å²) >= 11 is 11.8. The lowest BCUT2D eigenvalue weighted by Crippen LogP contribution is -2.39. The van der Waals surface area contributed by atoms with Gasteiger partial charge in [0.25, 0.3) is 0 Å². The summed E-state index contributed by atoms with van der Waals surface area (Å²) in [6.45, 7) is 0. The Bertz CT molecular complexity index is 377. The van der Waals surface area contributed by atoms with Crippen molar-refractivity contribution in [3.05, 3.63) is 10.1 Å². The molecule has 3 aliphatic carbocycles. The fraction of sp³-hybridized carbons (Fsp3) is 0.667. The van der Waals surface area contributed by atoms with E-state index in [0.717, 1.165) is 18.4 Å². The van der Waals surface area contributed by atoms with Gasteiger partial charge in [0.1, 0.15) is 16.1 Å². The van der Waals surface area contributed by atoms with Crippen LogP contribution in [0.15, 0.2) is 10.1 Å². The Morgan fingerprint density at radius 2 is 1.38 bits per heavy atom. The molecular weight excluding hydrogens is 247 g/mol. The summed E-state index contributed by atoms with van der Waals surface area (Å²) < 4.78 is 0.294. The van der Waals surface area contributed by atoms with Crippen molar-refractivity contribution in [2.24, 2.45) is 23.7 Å². The first kappa shape index (κ1) is 10.8. The van der Waals surface area contributed by atoms with Crippen molar-refractivity contribution in [1.29, 1.82) is 0 Å². The quantitative estimate of drug-likeness (QED) is 0.670. The minimum absolute atomic E-state index is 0.109. The third-order valence-corrected chi connectivity index (χ3v) is 4.86. The second kappa shape index (κ2) is 3.58. The first-order valence-corrected chi connectivity index (χ1v) is 6.47. The number of carbonyl (C=O) groups excluding carboxylic acids is 2. The van der Waals surface area contributed by atoms with Gasteiger partial charge in [-0.3, -0.25) is 9.59 Å². The maximum Gasteiger partial charge on any atom is 0.137 e. The molecule has 4 heteroatoms. The van der Waals surface area contributed by atoms with Crippen molar-refractivity contribution in [2.45, 2.75) is 25.7 Å². The van der Waals surface area contributed by atoms with Gasteiger partial charge < -0.3 is 0 Å². The summed E-state index contributed by atoms with van der Waals surface area (Å²) in [5, 5.41) is 0. The highest BCUT2D eigenvalue weighted by Crippen LogP contribution is 2.59. The van der Waals surface area contributed by atoms with E-state index >= 15 is 0 Å². The number of fused-ring (bicyclic) bond motifs is 5. The molecule has 4 atom stereocenters. The van der Waals surface area contributed by atoms with E-state index in [0.29, 0.717) is 17.3 Å². The van der Waals surface area contributed by atoms with Crippen LogP contribution in [0.1, 0.15) is 25.7 Å². The van der Waals surface area contributed by atoms with Crippen LogP contribution >= 0.6 is 23.2 Å². The molecule has 0 unspecified atom stereocenters. The molecule has 0 aromatic heterocycles. The van der Waals surface area contributed by atoms with Gasteiger partial charge in [-0.15, -0.1) is 0 Å². The zero-order valence-electron chi connectivity index (χ0n) is 8.71. The highest BCUT2D eigenvalue weighted by Gasteiger charge is 2.58. The fourth-order valence-corrected chi connectivity index (χ4v) is 4.46. The van der Waals surface area contributed by atoms with Crippen LogP contribution < -0.4 is 0 Å². The van der Waals surface area contributed by atoms with Gasteiger partial charge in [-0.2, -0.15) is 0 Å². The first-order valence-electron chi connectivity index (χ1n) is 5.71. The standard InChI is InChI=1S/C12H12Cl2O2/c13-12(14)9-5-1-2-6(9)11-8(16)4-3-7(15)10(5)11/h5-6,10-11H,1-4H2/t5-,6-,10-,11+/m0/s1. The second-order valence-corrected chi connectivity index (χ2v) is 5.94. The van der Waals surface area contributed by atoms with Crippen LogP contribution in [0.4, 0.5) is 0 Å². The molecule has 3 saturated carbocycles. The molecule has 0 aromatic rings. The van der Waals surface area contributed by atoms with Gasteiger partial charge >= 0.3 is 0 Å². The predicted molar refractivity (Wildman–Crippen MR) is 61.2 cm³/mol. The lowest BCUT2D eigenvalue weighted by Gasteiger charge is -2.31. The average molecular weight is 259 g/mol.